The Bertz CT molecular complexity index is 766. The zero-order valence-corrected chi connectivity index (χ0v) is 14.4. The zero-order chi connectivity index (χ0) is 19.2. The van der Waals surface area contributed by atoms with Crippen LogP contribution in [0.15, 0.2) is 30.3 Å². The fraction of sp³-hybridized carbons (Fsp3) is 0.353. The van der Waals surface area contributed by atoms with Gasteiger partial charge in [-0.3, -0.25) is 4.79 Å². The van der Waals surface area contributed by atoms with Crippen LogP contribution in [-0.4, -0.2) is 36.1 Å². The number of carbonyl (C=O) groups is 1. The van der Waals surface area contributed by atoms with Crippen molar-refractivity contribution in [3.05, 3.63) is 47.4 Å². The van der Waals surface area contributed by atoms with E-state index in [4.69, 9.17) is 4.74 Å². The molecule has 0 unspecified atom stereocenters. The Morgan fingerprint density at radius 2 is 1.96 bits per heavy atom. The molecule has 0 fully saturated rings. The molecule has 0 aliphatic carbocycles. The molecule has 2 aromatic rings. The van der Waals surface area contributed by atoms with Crippen molar-refractivity contribution in [2.45, 2.75) is 19.5 Å². The molecule has 2 rings (SSSR count). The summed E-state index contributed by atoms with van der Waals surface area (Å²) in [6, 6.07) is 6.17. The molecule has 0 aliphatic heterocycles. The molecule has 0 saturated heterocycles. The predicted octanol–water partition coefficient (Wildman–Crippen LogP) is 3.50. The van der Waals surface area contributed by atoms with Crippen molar-refractivity contribution < 1.29 is 22.7 Å². The summed E-state index contributed by atoms with van der Waals surface area (Å²) < 4.78 is 44.0. The first kappa shape index (κ1) is 19.6. The third-order valence-electron chi connectivity index (χ3n) is 3.38. The smallest absolute Gasteiger partial charge is 0.385 e. The van der Waals surface area contributed by atoms with Gasteiger partial charge in [0.2, 0.25) is 0 Å². The van der Waals surface area contributed by atoms with Crippen LogP contribution in [0.1, 0.15) is 28.3 Å². The monoisotopic (exact) mass is 368 g/mol. The summed E-state index contributed by atoms with van der Waals surface area (Å²) in [4.78, 5) is 20.5. The van der Waals surface area contributed by atoms with Crippen LogP contribution in [-0.2, 0) is 10.9 Å². The first-order chi connectivity index (χ1) is 12.3. The predicted molar refractivity (Wildman–Crippen MR) is 91.1 cm³/mol. The van der Waals surface area contributed by atoms with Gasteiger partial charge in [-0.05, 0) is 25.5 Å². The molecule has 0 radical (unpaired) electrons. The van der Waals surface area contributed by atoms with Crippen molar-refractivity contribution in [2.75, 3.05) is 30.9 Å². The summed E-state index contributed by atoms with van der Waals surface area (Å²) in [5, 5.41) is 5.29. The number of anilines is 2. The van der Waals surface area contributed by atoms with E-state index >= 15 is 0 Å². The van der Waals surface area contributed by atoms with Crippen LogP contribution in [0.2, 0.25) is 0 Å². The maximum atomic E-state index is 13.0. The molecular formula is C17H19F3N4O2. The number of aromatic nitrogens is 2. The highest BCUT2D eigenvalue weighted by Crippen LogP contribution is 2.34. The Kier molecular flexibility index (Phi) is 6.51. The van der Waals surface area contributed by atoms with Crippen LogP contribution in [0.25, 0.3) is 0 Å². The topological polar surface area (TPSA) is 76.1 Å². The van der Waals surface area contributed by atoms with Crippen LogP contribution < -0.4 is 10.6 Å². The van der Waals surface area contributed by atoms with Crippen LogP contribution in [0, 0.1) is 6.92 Å². The Hall–Kier alpha value is -2.68. The number of nitrogens with one attached hydrogen (secondary N) is 2. The summed E-state index contributed by atoms with van der Waals surface area (Å²) in [5.41, 5.74) is -1.27. The van der Waals surface area contributed by atoms with E-state index < -0.39 is 17.6 Å². The number of alkyl halides is 3. The highest BCUT2D eigenvalue weighted by molar-refractivity contribution is 6.03. The van der Waals surface area contributed by atoms with Gasteiger partial charge < -0.3 is 15.4 Å². The minimum Gasteiger partial charge on any atom is -0.385 e. The summed E-state index contributed by atoms with van der Waals surface area (Å²) in [7, 11) is 1.59. The first-order valence-corrected chi connectivity index (χ1v) is 7.87. The molecule has 1 aromatic carbocycles. The lowest BCUT2D eigenvalue weighted by Crippen LogP contribution is -2.19. The molecule has 0 spiro atoms. The van der Waals surface area contributed by atoms with Gasteiger partial charge in [0.1, 0.15) is 17.3 Å². The standard InChI is InChI=1S/C17H19F3N4O2/c1-11-22-14(10-15(23-11)21-8-5-9-26-2)16(25)24-13-7-4-3-6-12(13)17(18,19)20/h3-4,6-7,10H,5,8-9H2,1-2H3,(H,24,25)(H,21,22,23). The lowest BCUT2D eigenvalue weighted by atomic mass is 10.1. The molecule has 0 saturated carbocycles. The van der Waals surface area contributed by atoms with Gasteiger partial charge in [0.25, 0.3) is 5.91 Å². The van der Waals surface area contributed by atoms with Gasteiger partial charge in [-0.25, -0.2) is 9.97 Å². The molecule has 9 heteroatoms. The normalized spacial score (nSPS) is 11.3. The summed E-state index contributed by atoms with van der Waals surface area (Å²) in [6.07, 6.45) is -3.83. The van der Waals surface area contributed by atoms with Gasteiger partial charge in [0, 0.05) is 26.3 Å². The first-order valence-electron chi connectivity index (χ1n) is 7.87. The molecule has 1 amide bonds. The average molecular weight is 368 g/mol. The van der Waals surface area contributed by atoms with Gasteiger partial charge in [0.15, 0.2) is 0 Å². The Labute approximate surface area is 148 Å². The molecule has 26 heavy (non-hydrogen) atoms. The number of halogens is 3. The fourth-order valence-electron chi connectivity index (χ4n) is 2.23. The minimum atomic E-state index is -4.57. The highest BCUT2D eigenvalue weighted by atomic mass is 19.4. The van der Waals surface area contributed by atoms with E-state index in [0.717, 1.165) is 12.5 Å². The van der Waals surface area contributed by atoms with E-state index in [2.05, 4.69) is 20.6 Å². The molecular weight excluding hydrogens is 349 g/mol. The number of carbonyl (C=O) groups excluding carboxylic acids is 1. The third-order valence-corrected chi connectivity index (χ3v) is 3.38. The second-order valence-electron chi connectivity index (χ2n) is 5.46. The molecule has 2 N–H and O–H groups in total. The van der Waals surface area contributed by atoms with Crippen LogP contribution in [0.3, 0.4) is 0 Å². The average Bonchev–Trinajstić information content (AvgIpc) is 2.58. The van der Waals surface area contributed by atoms with Gasteiger partial charge in [-0.15, -0.1) is 0 Å². The van der Waals surface area contributed by atoms with Crippen LogP contribution in [0.5, 0.6) is 0 Å². The maximum absolute atomic E-state index is 13.0. The quantitative estimate of drug-likeness (QED) is 0.732. The van der Waals surface area contributed by atoms with Crippen molar-refractivity contribution in [1.29, 1.82) is 0 Å². The van der Waals surface area contributed by atoms with E-state index in [-0.39, 0.29) is 11.4 Å². The molecule has 1 aromatic heterocycles. The SMILES string of the molecule is COCCCNc1cc(C(=O)Nc2ccccc2C(F)(F)F)nc(C)n1. The number of methoxy groups -OCH3 is 1. The Morgan fingerprint density at radius 3 is 2.65 bits per heavy atom. The van der Waals surface area contributed by atoms with Crippen molar-refractivity contribution in [1.82, 2.24) is 9.97 Å². The largest absolute Gasteiger partial charge is 0.418 e. The van der Waals surface area contributed by atoms with Crippen LogP contribution in [0.4, 0.5) is 24.7 Å². The molecule has 6 nitrogen and oxygen atoms in total. The van der Waals surface area contributed by atoms with Crippen molar-refractivity contribution in [3.8, 4) is 0 Å². The summed E-state index contributed by atoms with van der Waals surface area (Å²) in [6.45, 7) is 2.74. The Morgan fingerprint density at radius 1 is 1.23 bits per heavy atom. The second-order valence-corrected chi connectivity index (χ2v) is 5.46. The molecule has 0 atom stereocenters. The molecule has 140 valence electrons. The van der Waals surface area contributed by atoms with Crippen LogP contribution >= 0.6 is 0 Å². The van der Waals surface area contributed by atoms with Gasteiger partial charge in [-0.1, -0.05) is 12.1 Å². The maximum Gasteiger partial charge on any atom is 0.418 e. The van der Waals surface area contributed by atoms with Crippen molar-refractivity contribution >= 4 is 17.4 Å². The number of amides is 1. The number of hydrogen-bond acceptors (Lipinski definition) is 5. The number of para-hydroxylation sites is 1. The number of benzene rings is 1. The number of nitrogens with zero attached hydrogens (tertiary/aromatic N) is 2. The van der Waals surface area contributed by atoms with Gasteiger partial charge in [-0.2, -0.15) is 13.2 Å². The lowest BCUT2D eigenvalue weighted by Gasteiger charge is -2.14. The highest BCUT2D eigenvalue weighted by Gasteiger charge is 2.33. The fourth-order valence-corrected chi connectivity index (χ4v) is 2.23. The minimum absolute atomic E-state index is 0.0243. The van der Waals surface area contributed by atoms with E-state index in [1.165, 1.54) is 24.3 Å². The van der Waals surface area contributed by atoms with E-state index in [1.54, 1.807) is 14.0 Å². The second kappa shape index (κ2) is 8.61. The number of ether oxygens (including phenoxy) is 1. The number of rotatable bonds is 7. The summed E-state index contributed by atoms with van der Waals surface area (Å²) >= 11 is 0. The number of hydrogen-bond donors (Lipinski definition) is 2. The molecule has 1 heterocycles. The van der Waals surface area contributed by atoms with Gasteiger partial charge >= 0.3 is 6.18 Å². The van der Waals surface area contributed by atoms with E-state index in [9.17, 15) is 18.0 Å². The number of aryl methyl sites for hydroxylation is 1. The van der Waals surface area contributed by atoms with Gasteiger partial charge in [0.05, 0.1) is 11.3 Å². The van der Waals surface area contributed by atoms with Crippen molar-refractivity contribution in [2.24, 2.45) is 0 Å². The third kappa shape index (κ3) is 5.41. The lowest BCUT2D eigenvalue weighted by molar-refractivity contribution is -0.136. The Balaban J connectivity index is 2.16. The summed E-state index contributed by atoms with van der Waals surface area (Å²) in [5.74, 6) is 0.00555. The molecule has 0 aliphatic rings. The van der Waals surface area contributed by atoms with Crippen molar-refractivity contribution in [3.63, 3.8) is 0 Å². The zero-order valence-electron chi connectivity index (χ0n) is 14.4. The van der Waals surface area contributed by atoms with E-state index in [0.29, 0.717) is 24.8 Å². The molecule has 0 bridgehead atoms. The van der Waals surface area contributed by atoms with E-state index in [1.807, 2.05) is 0 Å².